The summed E-state index contributed by atoms with van der Waals surface area (Å²) in [5.41, 5.74) is 4.74. The Morgan fingerprint density at radius 2 is 2.27 bits per heavy atom. The number of likely N-dealkylation sites (N-methyl/N-ethyl adjacent to an activating group) is 2. The zero-order valence-electron chi connectivity index (χ0n) is 10.2. The quantitative estimate of drug-likeness (QED) is 0.662. The van der Waals surface area contributed by atoms with Gasteiger partial charge in [-0.2, -0.15) is 0 Å². The molecular formula is C11H25N3O. The van der Waals surface area contributed by atoms with Crippen LogP contribution in [0.5, 0.6) is 0 Å². The van der Waals surface area contributed by atoms with Crippen LogP contribution in [0.1, 0.15) is 19.8 Å². The van der Waals surface area contributed by atoms with Gasteiger partial charge in [0.1, 0.15) is 0 Å². The Morgan fingerprint density at radius 1 is 1.60 bits per heavy atom. The van der Waals surface area contributed by atoms with Gasteiger partial charge in [0.15, 0.2) is 0 Å². The number of nitrogens with zero attached hydrogens (tertiary/aromatic N) is 2. The Balaban J connectivity index is 2.32. The molecule has 0 amide bonds. The van der Waals surface area contributed by atoms with E-state index < -0.39 is 5.60 Å². The lowest BCUT2D eigenvalue weighted by Gasteiger charge is -2.31. The molecule has 0 aromatic carbocycles. The Labute approximate surface area is 93.0 Å². The molecule has 1 aliphatic rings. The van der Waals surface area contributed by atoms with Crippen LogP contribution in [-0.2, 0) is 0 Å². The maximum Gasteiger partial charge on any atom is 0.0867 e. The van der Waals surface area contributed by atoms with Crippen LogP contribution in [0.4, 0.5) is 0 Å². The SMILES string of the molecule is CN(CC1CCCN1C)CC(C)(O)CN. The minimum atomic E-state index is -0.758. The van der Waals surface area contributed by atoms with Gasteiger partial charge < -0.3 is 20.6 Å². The molecule has 1 rings (SSSR count). The van der Waals surface area contributed by atoms with E-state index in [1.54, 1.807) is 6.92 Å². The molecule has 1 heterocycles. The van der Waals surface area contributed by atoms with Gasteiger partial charge in [-0.1, -0.05) is 0 Å². The van der Waals surface area contributed by atoms with Crippen molar-refractivity contribution in [1.29, 1.82) is 0 Å². The summed E-state index contributed by atoms with van der Waals surface area (Å²) in [5, 5.41) is 9.85. The van der Waals surface area contributed by atoms with Crippen molar-refractivity contribution in [1.82, 2.24) is 9.80 Å². The smallest absolute Gasteiger partial charge is 0.0867 e. The molecule has 4 heteroatoms. The molecule has 0 radical (unpaired) electrons. The highest BCUT2D eigenvalue weighted by atomic mass is 16.3. The second-order valence-corrected chi connectivity index (χ2v) is 5.17. The van der Waals surface area contributed by atoms with Crippen LogP contribution in [0.2, 0.25) is 0 Å². The number of hydrogen-bond acceptors (Lipinski definition) is 4. The van der Waals surface area contributed by atoms with Crippen LogP contribution in [0, 0.1) is 0 Å². The minimum absolute atomic E-state index is 0.317. The first-order valence-corrected chi connectivity index (χ1v) is 5.76. The van der Waals surface area contributed by atoms with Crippen LogP contribution in [0.3, 0.4) is 0 Å². The maximum absolute atomic E-state index is 9.85. The topological polar surface area (TPSA) is 52.7 Å². The van der Waals surface area contributed by atoms with Crippen molar-refractivity contribution < 1.29 is 5.11 Å². The van der Waals surface area contributed by atoms with Crippen molar-refractivity contribution in [3.05, 3.63) is 0 Å². The molecule has 15 heavy (non-hydrogen) atoms. The van der Waals surface area contributed by atoms with Crippen LogP contribution in [-0.4, -0.2) is 66.8 Å². The molecule has 1 saturated heterocycles. The lowest BCUT2D eigenvalue weighted by atomic mass is 10.1. The van der Waals surface area contributed by atoms with E-state index >= 15 is 0 Å². The number of rotatable bonds is 5. The first-order chi connectivity index (χ1) is 6.94. The molecule has 2 atom stereocenters. The summed E-state index contributed by atoms with van der Waals surface area (Å²) in [5.74, 6) is 0. The number of aliphatic hydroxyl groups is 1. The Kier molecular flexibility index (Phi) is 4.52. The molecule has 1 fully saturated rings. The Morgan fingerprint density at radius 3 is 2.73 bits per heavy atom. The summed E-state index contributed by atoms with van der Waals surface area (Å²) in [6.45, 7) is 4.98. The van der Waals surface area contributed by atoms with Crippen molar-refractivity contribution in [3.63, 3.8) is 0 Å². The zero-order chi connectivity index (χ0) is 11.5. The molecule has 0 bridgehead atoms. The van der Waals surface area contributed by atoms with Gasteiger partial charge in [-0.25, -0.2) is 0 Å². The predicted molar refractivity (Wildman–Crippen MR) is 62.8 cm³/mol. The highest BCUT2D eigenvalue weighted by molar-refractivity contribution is 4.82. The normalized spacial score (nSPS) is 27.2. The van der Waals surface area contributed by atoms with Gasteiger partial charge in [0.25, 0.3) is 0 Å². The van der Waals surface area contributed by atoms with E-state index in [-0.39, 0.29) is 0 Å². The summed E-state index contributed by atoms with van der Waals surface area (Å²) in [6, 6.07) is 0.642. The van der Waals surface area contributed by atoms with Gasteiger partial charge in [-0.15, -0.1) is 0 Å². The minimum Gasteiger partial charge on any atom is -0.388 e. The molecule has 90 valence electrons. The van der Waals surface area contributed by atoms with Crippen molar-refractivity contribution in [2.75, 3.05) is 40.3 Å². The molecule has 4 nitrogen and oxygen atoms in total. The lowest BCUT2D eigenvalue weighted by Crippen LogP contribution is -2.47. The lowest BCUT2D eigenvalue weighted by molar-refractivity contribution is 0.0299. The number of likely N-dealkylation sites (tertiary alicyclic amines) is 1. The van der Waals surface area contributed by atoms with Crippen molar-refractivity contribution in [2.45, 2.75) is 31.4 Å². The third-order valence-electron chi connectivity index (χ3n) is 3.24. The average Bonchev–Trinajstić information content (AvgIpc) is 2.51. The first kappa shape index (κ1) is 12.9. The fraction of sp³-hybridized carbons (Fsp3) is 1.00. The van der Waals surface area contributed by atoms with Gasteiger partial charge in [-0.05, 0) is 40.4 Å². The third kappa shape index (κ3) is 4.07. The van der Waals surface area contributed by atoms with E-state index in [1.807, 2.05) is 0 Å². The summed E-state index contributed by atoms with van der Waals surface area (Å²) in [7, 11) is 4.23. The molecule has 0 aromatic heterocycles. The summed E-state index contributed by atoms with van der Waals surface area (Å²) in [6.07, 6.45) is 2.56. The summed E-state index contributed by atoms with van der Waals surface area (Å²) >= 11 is 0. The Hall–Kier alpha value is -0.160. The highest BCUT2D eigenvalue weighted by Crippen LogP contribution is 2.16. The van der Waals surface area contributed by atoms with E-state index in [1.165, 1.54) is 19.4 Å². The largest absolute Gasteiger partial charge is 0.388 e. The monoisotopic (exact) mass is 215 g/mol. The van der Waals surface area contributed by atoms with E-state index in [2.05, 4.69) is 23.9 Å². The summed E-state index contributed by atoms with van der Waals surface area (Å²) < 4.78 is 0. The fourth-order valence-corrected chi connectivity index (χ4v) is 2.28. The van der Waals surface area contributed by atoms with Gasteiger partial charge in [0.05, 0.1) is 5.60 Å². The van der Waals surface area contributed by atoms with Gasteiger partial charge in [-0.3, -0.25) is 0 Å². The van der Waals surface area contributed by atoms with Crippen molar-refractivity contribution in [3.8, 4) is 0 Å². The second kappa shape index (κ2) is 5.25. The van der Waals surface area contributed by atoms with Crippen molar-refractivity contribution in [2.24, 2.45) is 5.73 Å². The molecule has 0 spiro atoms. The molecule has 0 aliphatic carbocycles. The molecule has 0 aromatic rings. The zero-order valence-corrected chi connectivity index (χ0v) is 10.2. The summed E-state index contributed by atoms with van der Waals surface area (Å²) in [4.78, 5) is 4.58. The van der Waals surface area contributed by atoms with Gasteiger partial charge in [0, 0.05) is 25.7 Å². The Bertz CT molecular complexity index is 196. The van der Waals surface area contributed by atoms with Crippen LogP contribution < -0.4 is 5.73 Å². The predicted octanol–water partition coefficient (Wildman–Crippen LogP) is -0.278. The molecular weight excluding hydrogens is 190 g/mol. The maximum atomic E-state index is 9.85. The van der Waals surface area contributed by atoms with E-state index in [0.29, 0.717) is 19.1 Å². The van der Waals surface area contributed by atoms with Gasteiger partial charge >= 0.3 is 0 Å². The molecule has 3 N–H and O–H groups in total. The standard InChI is InChI=1S/C11H25N3O/c1-11(15,8-12)9-13(2)7-10-5-4-6-14(10)3/h10,15H,4-9,12H2,1-3H3. The van der Waals surface area contributed by atoms with Gasteiger partial charge in [0.2, 0.25) is 0 Å². The first-order valence-electron chi connectivity index (χ1n) is 5.76. The molecule has 2 unspecified atom stereocenters. The number of nitrogens with two attached hydrogens (primary N) is 1. The molecule has 1 aliphatic heterocycles. The fourth-order valence-electron chi connectivity index (χ4n) is 2.28. The molecule has 0 saturated carbocycles. The van der Waals surface area contributed by atoms with Crippen LogP contribution >= 0.6 is 0 Å². The second-order valence-electron chi connectivity index (χ2n) is 5.17. The van der Waals surface area contributed by atoms with Crippen LogP contribution in [0.25, 0.3) is 0 Å². The number of hydrogen-bond donors (Lipinski definition) is 2. The van der Waals surface area contributed by atoms with E-state index in [0.717, 1.165) is 6.54 Å². The average molecular weight is 215 g/mol. The van der Waals surface area contributed by atoms with E-state index in [9.17, 15) is 5.11 Å². The van der Waals surface area contributed by atoms with E-state index in [4.69, 9.17) is 5.73 Å². The highest BCUT2D eigenvalue weighted by Gasteiger charge is 2.25. The van der Waals surface area contributed by atoms with Crippen molar-refractivity contribution >= 4 is 0 Å². The van der Waals surface area contributed by atoms with Crippen LogP contribution in [0.15, 0.2) is 0 Å². The third-order valence-corrected chi connectivity index (χ3v) is 3.24.